The second-order valence-corrected chi connectivity index (χ2v) is 11.9. The topological polar surface area (TPSA) is 63.5 Å². The van der Waals surface area contributed by atoms with Crippen LogP contribution in [0.1, 0.15) is 0 Å². The monoisotopic (exact) mass is 606 g/mol. The molecule has 0 fully saturated rings. The van der Waals surface area contributed by atoms with Crippen LogP contribution < -0.4 is 5.32 Å². The average Bonchev–Trinajstić information content (AvgIpc) is 3.80. The van der Waals surface area contributed by atoms with E-state index in [1.54, 1.807) is 0 Å². The first-order valence-electron chi connectivity index (χ1n) is 15.7. The van der Waals surface area contributed by atoms with Crippen molar-refractivity contribution in [1.82, 2.24) is 4.57 Å². The van der Waals surface area contributed by atoms with E-state index in [1.165, 1.54) is 10.8 Å². The predicted octanol–water partition coefficient (Wildman–Crippen LogP) is 11.7. The van der Waals surface area contributed by atoms with Gasteiger partial charge in [-0.1, -0.05) is 103 Å². The average molecular weight is 607 g/mol. The number of nitrogens with zero attached hydrogens (tertiary/aromatic N) is 1. The Balaban J connectivity index is 1.27. The number of benzene rings is 7. The van der Waals surface area contributed by atoms with E-state index in [2.05, 4.69) is 70.5 Å². The lowest BCUT2D eigenvalue weighted by Gasteiger charge is -2.16. The molecule has 0 aliphatic carbocycles. The number of hydrogen-bond acceptors (Lipinski definition) is 4. The van der Waals surface area contributed by atoms with Gasteiger partial charge in [0, 0.05) is 27.1 Å². The van der Waals surface area contributed by atoms with Crippen molar-refractivity contribution in [3.63, 3.8) is 0 Å². The number of furan rings is 2. The number of para-hydroxylation sites is 4. The van der Waals surface area contributed by atoms with Crippen molar-refractivity contribution in [2.75, 3.05) is 5.32 Å². The summed E-state index contributed by atoms with van der Waals surface area (Å²) in [6.07, 6.45) is 0. The van der Waals surface area contributed by atoms with Gasteiger partial charge < -0.3 is 23.8 Å². The molecule has 7 aromatic carbocycles. The van der Waals surface area contributed by atoms with E-state index in [4.69, 9.17) is 8.83 Å². The third-order valence-electron chi connectivity index (χ3n) is 9.31. The molecule has 0 aliphatic rings. The van der Waals surface area contributed by atoms with Gasteiger partial charge in [0.25, 0.3) is 0 Å². The summed E-state index contributed by atoms with van der Waals surface area (Å²) in [6.45, 7) is 0. The Kier molecular flexibility index (Phi) is 5.37. The van der Waals surface area contributed by atoms with Crippen LogP contribution in [0.2, 0.25) is 0 Å². The third kappa shape index (κ3) is 3.71. The Morgan fingerprint density at radius 2 is 1.09 bits per heavy atom. The lowest BCUT2D eigenvalue weighted by molar-refractivity contribution is 0.480. The van der Waals surface area contributed by atoms with E-state index in [0.29, 0.717) is 22.4 Å². The first-order valence-corrected chi connectivity index (χ1v) is 15.7. The molecular formula is C42H26N2O3. The Morgan fingerprint density at radius 1 is 0.511 bits per heavy atom. The molecular weight excluding hydrogens is 580 g/mol. The van der Waals surface area contributed by atoms with Crippen molar-refractivity contribution < 1.29 is 13.9 Å². The molecule has 47 heavy (non-hydrogen) atoms. The largest absolute Gasteiger partial charge is 0.505 e. The summed E-state index contributed by atoms with van der Waals surface area (Å²) in [5.74, 6) is 0.144. The molecule has 0 amide bonds. The van der Waals surface area contributed by atoms with Crippen LogP contribution >= 0.6 is 0 Å². The van der Waals surface area contributed by atoms with E-state index in [-0.39, 0.29) is 5.75 Å². The van der Waals surface area contributed by atoms with Crippen molar-refractivity contribution in [3.05, 3.63) is 146 Å². The Hall–Kier alpha value is -6.46. The first-order chi connectivity index (χ1) is 23.2. The van der Waals surface area contributed by atoms with Gasteiger partial charge in [-0.15, -0.1) is 0 Å². The summed E-state index contributed by atoms with van der Waals surface area (Å²) in [5.41, 5.74) is 9.10. The molecule has 3 heterocycles. The van der Waals surface area contributed by atoms with Crippen LogP contribution in [0.3, 0.4) is 0 Å². The molecule has 5 nitrogen and oxygen atoms in total. The fraction of sp³-hybridized carbons (Fsp3) is 0. The summed E-state index contributed by atoms with van der Waals surface area (Å²) in [4.78, 5) is 0. The number of aromatic hydroxyl groups is 1. The van der Waals surface area contributed by atoms with Gasteiger partial charge in [0.2, 0.25) is 0 Å². The van der Waals surface area contributed by atoms with Crippen molar-refractivity contribution in [2.45, 2.75) is 0 Å². The number of nitrogens with one attached hydrogen (secondary N) is 1. The quantitative estimate of drug-likeness (QED) is 0.196. The van der Waals surface area contributed by atoms with Gasteiger partial charge in [0.15, 0.2) is 5.58 Å². The maximum absolute atomic E-state index is 12.0. The van der Waals surface area contributed by atoms with Gasteiger partial charge in [-0.25, -0.2) is 0 Å². The van der Waals surface area contributed by atoms with Gasteiger partial charge in [0.05, 0.1) is 38.9 Å². The summed E-state index contributed by atoms with van der Waals surface area (Å²) in [7, 11) is 0. The van der Waals surface area contributed by atoms with E-state index in [1.807, 2.05) is 84.9 Å². The minimum Gasteiger partial charge on any atom is -0.505 e. The van der Waals surface area contributed by atoms with Crippen molar-refractivity contribution >= 4 is 77.1 Å². The number of phenolic OH excluding ortho intramolecular Hbond substituents is 1. The Labute approximate surface area is 268 Å². The van der Waals surface area contributed by atoms with E-state index < -0.39 is 0 Å². The minimum atomic E-state index is 0.144. The Morgan fingerprint density at radius 3 is 1.79 bits per heavy atom. The number of hydrogen-bond donors (Lipinski definition) is 2. The van der Waals surface area contributed by atoms with E-state index in [9.17, 15) is 5.11 Å². The van der Waals surface area contributed by atoms with Crippen LogP contribution in [0, 0.1) is 0 Å². The zero-order valence-electron chi connectivity index (χ0n) is 25.1. The van der Waals surface area contributed by atoms with Crippen LogP contribution in [0.5, 0.6) is 5.75 Å². The first kappa shape index (κ1) is 25.8. The second-order valence-electron chi connectivity index (χ2n) is 11.9. The molecule has 222 valence electrons. The maximum Gasteiger partial charge on any atom is 0.160 e. The highest BCUT2D eigenvalue weighted by molar-refractivity contribution is 6.19. The van der Waals surface area contributed by atoms with Gasteiger partial charge >= 0.3 is 0 Å². The molecule has 0 bridgehead atoms. The van der Waals surface area contributed by atoms with Crippen LogP contribution in [0.25, 0.3) is 82.5 Å². The van der Waals surface area contributed by atoms with Crippen molar-refractivity contribution in [3.8, 4) is 22.6 Å². The lowest BCUT2D eigenvalue weighted by Crippen LogP contribution is -1.98. The van der Waals surface area contributed by atoms with Gasteiger partial charge in [-0.2, -0.15) is 0 Å². The van der Waals surface area contributed by atoms with E-state index >= 15 is 0 Å². The molecule has 0 atom stereocenters. The van der Waals surface area contributed by atoms with Crippen molar-refractivity contribution in [2.24, 2.45) is 0 Å². The molecule has 10 rings (SSSR count). The fourth-order valence-electron chi connectivity index (χ4n) is 7.25. The van der Waals surface area contributed by atoms with Gasteiger partial charge in [0.1, 0.15) is 22.5 Å². The highest BCUT2D eigenvalue weighted by Gasteiger charge is 2.23. The molecule has 10 aromatic rings. The smallest absolute Gasteiger partial charge is 0.160 e. The van der Waals surface area contributed by atoms with Crippen LogP contribution in [-0.4, -0.2) is 9.67 Å². The summed E-state index contributed by atoms with van der Waals surface area (Å²) in [5, 5.41) is 21.8. The maximum atomic E-state index is 12.0. The van der Waals surface area contributed by atoms with Crippen molar-refractivity contribution in [1.29, 1.82) is 0 Å². The molecule has 0 unspecified atom stereocenters. The van der Waals surface area contributed by atoms with Gasteiger partial charge in [-0.05, 0) is 48.0 Å². The fourth-order valence-corrected chi connectivity index (χ4v) is 7.25. The molecule has 3 aromatic heterocycles. The third-order valence-corrected chi connectivity index (χ3v) is 9.31. The highest BCUT2D eigenvalue weighted by atomic mass is 16.3. The number of anilines is 2. The normalized spacial score (nSPS) is 11.9. The van der Waals surface area contributed by atoms with Crippen LogP contribution in [0.15, 0.2) is 154 Å². The number of fused-ring (bicyclic) bond motifs is 9. The zero-order chi connectivity index (χ0) is 31.1. The molecule has 0 spiro atoms. The number of rotatable bonds is 4. The zero-order valence-corrected chi connectivity index (χ0v) is 25.1. The predicted molar refractivity (Wildman–Crippen MR) is 192 cm³/mol. The summed E-state index contributed by atoms with van der Waals surface area (Å²) in [6, 6.07) is 49.1. The standard InChI is InChI=1S/C42H26N2O3/c45-41-30(25-12-2-1-3-13-25)24-37-39(29-17-7-10-20-35(29)46-37)40(41)43-31-22-23-34(38-28-16-6-11-21-36(28)47-42(31)38)44-32-18-8-4-14-26(32)27-15-5-9-19-33(27)44/h1-24,43,45H. The minimum absolute atomic E-state index is 0.144. The van der Waals surface area contributed by atoms with Crippen LogP contribution in [-0.2, 0) is 0 Å². The molecule has 2 N–H and O–H groups in total. The summed E-state index contributed by atoms with van der Waals surface area (Å²) >= 11 is 0. The van der Waals surface area contributed by atoms with Crippen LogP contribution in [0.4, 0.5) is 11.4 Å². The highest BCUT2D eigenvalue weighted by Crippen LogP contribution is 2.48. The second kappa shape index (κ2) is 9.77. The SMILES string of the molecule is Oc1c(-c2ccccc2)cc2oc3ccccc3c2c1Nc1ccc(-n2c3ccccc3c3ccccc32)c2c1oc1ccccc12. The number of phenols is 1. The summed E-state index contributed by atoms with van der Waals surface area (Å²) < 4.78 is 15.4. The molecule has 0 aliphatic heterocycles. The lowest BCUT2D eigenvalue weighted by atomic mass is 10.00. The van der Waals surface area contributed by atoms with E-state index in [0.717, 1.165) is 60.7 Å². The number of aromatic nitrogens is 1. The molecule has 0 saturated heterocycles. The molecule has 0 radical (unpaired) electrons. The Bertz CT molecular complexity index is 2790. The molecule has 0 saturated carbocycles. The van der Waals surface area contributed by atoms with Gasteiger partial charge in [-0.3, -0.25) is 0 Å². The molecule has 5 heteroatoms.